The van der Waals surface area contributed by atoms with Gasteiger partial charge in [-0.05, 0) is 48.7 Å². The lowest BCUT2D eigenvalue weighted by Gasteiger charge is -2.26. The molecule has 0 bridgehead atoms. The Kier molecular flexibility index (Phi) is 6.88. The number of carbonyl (C=O) groups excluding carboxylic acids is 2. The summed E-state index contributed by atoms with van der Waals surface area (Å²) in [7, 11) is 4.01. The monoisotopic (exact) mass is 395 g/mol. The van der Waals surface area contributed by atoms with Gasteiger partial charge in [0, 0.05) is 57.7 Å². The molecule has 1 N–H and O–H groups in total. The first-order valence-corrected chi connectivity index (χ1v) is 9.97. The summed E-state index contributed by atoms with van der Waals surface area (Å²) in [5.41, 5.74) is 3.36. The summed E-state index contributed by atoms with van der Waals surface area (Å²) in [6.07, 6.45) is 2.07. The van der Waals surface area contributed by atoms with E-state index in [2.05, 4.69) is 29.6 Å². The van der Waals surface area contributed by atoms with Crippen molar-refractivity contribution >= 4 is 23.2 Å². The SMILES string of the molecule is CC(=O)Nc1cccc(C(=O)N(Cc2ccc(N(C)C)cc2)CC2CCCO2)c1. The molecule has 1 aliphatic rings. The average molecular weight is 396 g/mol. The minimum atomic E-state index is -0.160. The maximum absolute atomic E-state index is 13.3. The molecule has 1 fully saturated rings. The molecule has 1 saturated heterocycles. The number of hydrogen-bond donors (Lipinski definition) is 1. The van der Waals surface area contributed by atoms with Crippen LogP contribution in [-0.4, -0.2) is 50.1 Å². The van der Waals surface area contributed by atoms with Crippen molar-refractivity contribution in [2.24, 2.45) is 0 Å². The summed E-state index contributed by atoms with van der Waals surface area (Å²) in [6, 6.07) is 15.3. The summed E-state index contributed by atoms with van der Waals surface area (Å²) in [5, 5.41) is 2.74. The largest absolute Gasteiger partial charge is 0.378 e. The summed E-state index contributed by atoms with van der Waals surface area (Å²) >= 11 is 0. The summed E-state index contributed by atoms with van der Waals surface area (Å²) in [6.45, 7) is 3.27. The summed E-state index contributed by atoms with van der Waals surface area (Å²) in [4.78, 5) is 28.5. The fraction of sp³-hybridized carbons (Fsp3) is 0.391. The van der Waals surface area contributed by atoms with Crippen LogP contribution in [0.2, 0.25) is 0 Å². The molecule has 0 aliphatic carbocycles. The highest BCUT2D eigenvalue weighted by atomic mass is 16.5. The fourth-order valence-electron chi connectivity index (χ4n) is 3.49. The van der Waals surface area contributed by atoms with Gasteiger partial charge in [-0.25, -0.2) is 0 Å². The van der Waals surface area contributed by atoms with Crippen molar-refractivity contribution in [1.29, 1.82) is 0 Å². The Hall–Kier alpha value is -2.86. The topological polar surface area (TPSA) is 61.9 Å². The van der Waals surface area contributed by atoms with Gasteiger partial charge in [-0.15, -0.1) is 0 Å². The number of carbonyl (C=O) groups is 2. The van der Waals surface area contributed by atoms with Crippen LogP contribution >= 0.6 is 0 Å². The van der Waals surface area contributed by atoms with Crippen molar-refractivity contribution < 1.29 is 14.3 Å². The van der Waals surface area contributed by atoms with Gasteiger partial charge in [0.1, 0.15) is 0 Å². The van der Waals surface area contributed by atoms with E-state index < -0.39 is 0 Å². The standard InChI is InChI=1S/C23H29N3O3/c1-17(27)24-20-7-4-6-19(14-20)23(28)26(16-22-8-5-13-29-22)15-18-9-11-21(12-10-18)25(2)3/h4,6-7,9-12,14,22H,5,8,13,15-16H2,1-3H3,(H,24,27). The molecule has 0 aromatic heterocycles. The zero-order valence-electron chi connectivity index (χ0n) is 17.4. The van der Waals surface area contributed by atoms with Crippen molar-refractivity contribution in [1.82, 2.24) is 4.90 Å². The van der Waals surface area contributed by atoms with E-state index in [0.29, 0.717) is 24.3 Å². The minimum absolute atomic E-state index is 0.0654. The van der Waals surface area contributed by atoms with Crippen LogP contribution in [0.25, 0.3) is 0 Å². The van der Waals surface area contributed by atoms with Crippen LogP contribution in [0.3, 0.4) is 0 Å². The highest BCUT2D eigenvalue weighted by Crippen LogP contribution is 2.20. The smallest absolute Gasteiger partial charge is 0.254 e. The summed E-state index contributed by atoms with van der Waals surface area (Å²) in [5.74, 6) is -0.226. The third-order valence-electron chi connectivity index (χ3n) is 4.99. The number of hydrogen-bond acceptors (Lipinski definition) is 4. The number of anilines is 2. The highest BCUT2D eigenvalue weighted by Gasteiger charge is 2.24. The molecule has 29 heavy (non-hydrogen) atoms. The van der Waals surface area contributed by atoms with Gasteiger partial charge in [0.05, 0.1) is 6.10 Å². The molecule has 1 aliphatic heterocycles. The molecule has 1 atom stereocenters. The molecule has 0 saturated carbocycles. The molecule has 6 nitrogen and oxygen atoms in total. The lowest BCUT2D eigenvalue weighted by atomic mass is 10.1. The van der Waals surface area contributed by atoms with Gasteiger partial charge in [-0.2, -0.15) is 0 Å². The van der Waals surface area contributed by atoms with Gasteiger partial charge in [0.25, 0.3) is 5.91 Å². The second kappa shape index (κ2) is 9.56. The van der Waals surface area contributed by atoms with E-state index in [0.717, 1.165) is 30.7 Å². The average Bonchev–Trinajstić information content (AvgIpc) is 3.20. The normalized spacial score (nSPS) is 15.8. The predicted molar refractivity (Wildman–Crippen MR) is 115 cm³/mol. The van der Waals surface area contributed by atoms with Crippen LogP contribution < -0.4 is 10.2 Å². The molecule has 3 rings (SSSR count). The zero-order valence-corrected chi connectivity index (χ0v) is 17.4. The van der Waals surface area contributed by atoms with E-state index in [1.807, 2.05) is 23.9 Å². The van der Waals surface area contributed by atoms with Crippen LogP contribution in [0.4, 0.5) is 11.4 Å². The molecular weight excluding hydrogens is 366 g/mol. The lowest BCUT2D eigenvalue weighted by molar-refractivity contribution is -0.114. The molecule has 2 amide bonds. The number of nitrogens with one attached hydrogen (secondary N) is 1. The lowest BCUT2D eigenvalue weighted by Crippen LogP contribution is -2.37. The molecule has 2 aromatic carbocycles. The first kappa shape index (κ1) is 20.9. The van der Waals surface area contributed by atoms with Gasteiger partial charge < -0.3 is 19.9 Å². The second-order valence-electron chi connectivity index (χ2n) is 7.64. The fourth-order valence-corrected chi connectivity index (χ4v) is 3.49. The Morgan fingerprint density at radius 1 is 1.14 bits per heavy atom. The Balaban J connectivity index is 1.80. The number of benzene rings is 2. The summed E-state index contributed by atoms with van der Waals surface area (Å²) < 4.78 is 5.78. The first-order valence-electron chi connectivity index (χ1n) is 9.97. The quantitative estimate of drug-likeness (QED) is 0.779. The van der Waals surface area contributed by atoms with E-state index in [-0.39, 0.29) is 17.9 Å². The number of ether oxygens (including phenoxy) is 1. The maximum atomic E-state index is 13.3. The molecule has 0 spiro atoms. The van der Waals surface area contributed by atoms with Crippen molar-refractivity contribution in [3.05, 3.63) is 59.7 Å². The van der Waals surface area contributed by atoms with Crippen LogP contribution in [-0.2, 0) is 16.1 Å². The molecule has 1 heterocycles. The van der Waals surface area contributed by atoms with Gasteiger partial charge in [-0.1, -0.05) is 18.2 Å². The van der Waals surface area contributed by atoms with Crippen LogP contribution in [0.5, 0.6) is 0 Å². The number of rotatable bonds is 7. The van der Waals surface area contributed by atoms with Crippen molar-refractivity contribution in [3.63, 3.8) is 0 Å². The van der Waals surface area contributed by atoms with E-state index in [1.54, 1.807) is 24.3 Å². The maximum Gasteiger partial charge on any atom is 0.254 e. The molecular formula is C23H29N3O3. The Morgan fingerprint density at radius 3 is 2.52 bits per heavy atom. The van der Waals surface area contributed by atoms with Crippen molar-refractivity contribution in [2.45, 2.75) is 32.4 Å². The van der Waals surface area contributed by atoms with Crippen molar-refractivity contribution in [3.8, 4) is 0 Å². The molecule has 0 radical (unpaired) electrons. The van der Waals surface area contributed by atoms with Gasteiger partial charge in [0.2, 0.25) is 5.91 Å². The van der Waals surface area contributed by atoms with Crippen LogP contribution in [0, 0.1) is 0 Å². The molecule has 1 unspecified atom stereocenters. The van der Waals surface area contributed by atoms with Gasteiger partial charge >= 0.3 is 0 Å². The predicted octanol–water partition coefficient (Wildman–Crippen LogP) is 3.53. The van der Waals surface area contributed by atoms with E-state index in [9.17, 15) is 9.59 Å². The Bertz CT molecular complexity index is 843. The van der Waals surface area contributed by atoms with Gasteiger partial charge in [-0.3, -0.25) is 9.59 Å². The zero-order chi connectivity index (χ0) is 20.8. The first-order chi connectivity index (χ1) is 13.9. The third kappa shape index (κ3) is 5.81. The third-order valence-corrected chi connectivity index (χ3v) is 4.99. The Labute approximate surface area is 172 Å². The van der Waals surface area contributed by atoms with E-state index in [1.165, 1.54) is 6.92 Å². The number of nitrogens with zero attached hydrogens (tertiary/aromatic N) is 2. The minimum Gasteiger partial charge on any atom is -0.378 e. The molecule has 154 valence electrons. The second-order valence-corrected chi connectivity index (χ2v) is 7.64. The highest BCUT2D eigenvalue weighted by molar-refractivity contribution is 5.96. The van der Waals surface area contributed by atoms with Gasteiger partial charge in [0.15, 0.2) is 0 Å². The van der Waals surface area contributed by atoms with Crippen molar-refractivity contribution in [2.75, 3.05) is 37.5 Å². The number of amides is 2. The Morgan fingerprint density at radius 2 is 1.90 bits per heavy atom. The van der Waals surface area contributed by atoms with E-state index in [4.69, 9.17) is 4.74 Å². The van der Waals surface area contributed by atoms with E-state index >= 15 is 0 Å². The molecule has 6 heteroatoms. The molecule has 2 aromatic rings. The van der Waals surface area contributed by atoms with Crippen LogP contribution in [0.1, 0.15) is 35.7 Å². The van der Waals surface area contributed by atoms with Crippen LogP contribution in [0.15, 0.2) is 48.5 Å².